The zero-order chi connectivity index (χ0) is 17.2. The molecule has 2 aromatic carbocycles. The number of fused-ring (bicyclic) bond motifs is 3. The summed E-state index contributed by atoms with van der Waals surface area (Å²) in [4.78, 5) is 21.2. The summed E-state index contributed by atoms with van der Waals surface area (Å²) in [6.45, 7) is 0. The standard InChI is InChI=1S/C19H13ClN4O/c20-14-7-1-2-8-15(14)23-19(25)24-16-11-12-5-3-9-21-17(12)18-13(16)6-4-10-22-18/h1-11H,(H2,23,24,25). The molecule has 4 rings (SSSR count). The molecule has 4 aromatic rings. The minimum atomic E-state index is -0.374. The lowest BCUT2D eigenvalue weighted by molar-refractivity contribution is 0.262. The average molecular weight is 349 g/mol. The van der Waals surface area contributed by atoms with E-state index >= 15 is 0 Å². The van der Waals surface area contributed by atoms with Gasteiger partial charge in [0.15, 0.2) is 0 Å². The molecule has 0 saturated heterocycles. The quantitative estimate of drug-likeness (QED) is 0.496. The molecule has 0 bridgehead atoms. The van der Waals surface area contributed by atoms with Crippen molar-refractivity contribution in [2.24, 2.45) is 0 Å². The molecule has 0 saturated carbocycles. The van der Waals surface area contributed by atoms with Crippen molar-refractivity contribution in [1.29, 1.82) is 0 Å². The van der Waals surface area contributed by atoms with Crippen LogP contribution < -0.4 is 10.6 Å². The maximum atomic E-state index is 12.4. The Morgan fingerprint density at radius 1 is 0.840 bits per heavy atom. The monoisotopic (exact) mass is 348 g/mol. The molecule has 0 spiro atoms. The Balaban J connectivity index is 1.73. The van der Waals surface area contributed by atoms with Crippen molar-refractivity contribution >= 4 is 50.8 Å². The second-order valence-corrected chi connectivity index (χ2v) is 5.86. The maximum Gasteiger partial charge on any atom is 0.323 e. The Labute approximate surface area is 148 Å². The molecule has 25 heavy (non-hydrogen) atoms. The average Bonchev–Trinajstić information content (AvgIpc) is 2.64. The van der Waals surface area contributed by atoms with Gasteiger partial charge in [0.25, 0.3) is 0 Å². The normalized spacial score (nSPS) is 10.8. The molecule has 0 aliphatic rings. The predicted octanol–water partition coefficient (Wildman–Crippen LogP) is 5.08. The van der Waals surface area contributed by atoms with Gasteiger partial charge in [0.05, 0.1) is 27.4 Å². The molecule has 0 fully saturated rings. The van der Waals surface area contributed by atoms with Gasteiger partial charge in [-0.05, 0) is 36.4 Å². The molecule has 6 heteroatoms. The van der Waals surface area contributed by atoms with Crippen molar-refractivity contribution in [2.45, 2.75) is 0 Å². The highest BCUT2D eigenvalue weighted by Gasteiger charge is 2.11. The highest BCUT2D eigenvalue weighted by molar-refractivity contribution is 6.33. The number of rotatable bonds is 2. The van der Waals surface area contributed by atoms with Crippen LogP contribution in [0.4, 0.5) is 16.2 Å². The number of para-hydroxylation sites is 1. The van der Waals surface area contributed by atoms with Crippen LogP contribution in [0.25, 0.3) is 21.8 Å². The van der Waals surface area contributed by atoms with Crippen LogP contribution in [0.5, 0.6) is 0 Å². The minimum absolute atomic E-state index is 0.374. The van der Waals surface area contributed by atoms with Crippen molar-refractivity contribution < 1.29 is 4.79 Å². The van der Waals surface area contributed by atoms with E-state index in [1.807, 2.05) is 36.4 Å². The molecular weight excluding hydrogens is 336 g/mol. The van der Waals surface area contributed by atoms with Gasteiger partial charge in [-0.25, -0.2) is 4.79 Å². The number of hydrogen-bond acceptors (Lipinski definition) is 3. The summed E-state index contributed by atoms with van der Waals surface area (Å²) < 4.78 is 0. The van der Waals surface area contributed by atoms with Crippen LogP contribution in [0.3, 0.4) is 0 Å². The van der Waals surface area contributed by atoms with Crippen LogP contribution in [-0.4, -0.2) is 16.0 Å². The van der Waals surface area contributed by atoms with E-state index in [0.29, 0.717) is 16.4 Å². The first-order valence-electron chi connectivity index (χ1n) is 7.67. The number of hydrogen-bond donors (Lipinski definition) is 2. The number of carbonyl (C=O) groups is 1. The third-order valence-corrected chi connectivity index (χ3v) is 4.16. The number of carbonyl (C=O) groups excluding carboxylic acids is 1. The van der Waals surface area contributed by atoms with Gasteiger partial charge < -0.3 is 10.6 Å². The Morgan fingerprint density at radius 3 is 2.40 bits per heavy atom. The van der Waals surface area contributed by atoms with Crippen molar-refractivity contribution in [2.75, 3.05) is 10.6 Å². The van der Waals surface area contributed by atoms with Crippen molar-refractivity contribution in [3.8, 4) is 0 Å². The summed E-state index contributed by atoms with van der Waals surface area (Å²) in [5.41, 5.74) is 2.75. The fourth-order valence-electron chi connectivity index (χ4n) is 2.72. The molecule has 5 nitrogen and oxygen atoms in total. The van der Waals surface area contributed by atoms with Crippen molar-refractivity contribution in [1.82, 2.24) is 9.97 Å². The topological polar surface area (TPSA) is 66.9 Å². The second kappa shape index (κ2) is 6.37. The molecule has 2 amide bonds. The molecule has 0 radical (unpaired) electrons. The van der Waals surface area contributed by atoms with Crippen LogP contribution in [0, 0.1) is 0 Å². The summed E-state index contributed by atoms with van der Waals surface area (Å²) in [5.74, 6) is 0. The van der Waals surface area contributed by atoms with Crippen LogP contribution in [0.15, 0.2) is 67.0 Å². The number of nitrogens with zero attached hydrogens (tertiary/aromatic N) is 2. The fourth-order valence-corrected chi connectivity index (χ4v) is 2.90. The van der Waals surface area contributed by atoms with E-state index in [2.05, 4.69) is 20.6 Å². The van der Waals surface area contributed by atoms with Gasteiger partial charge in [-0.1, -0.05) is 29.8 Å². The van der Waals surface area contributed by atoms with Gasteiger partial charge in [-0.3, -0.25) is 9.97 Å². The van der Waals surface area contributed by atoms with Gasteiger partial charge in [-0.15, -0.1) is 0 Å². The van der Waals surface area contributed by atoms with Crippen LogP contribution >= 0.6 is 11.6 Å². The first kappa shape index (κ1) is 15.4. The van der Waals surface area contributed by atoms with E-state index in [-0.39, 0.29) is 6.03 Å². The summed E-state index contributed by atoms with van der Waals surface area (Å²) >= 11 is 6.08. The molecule has 2 heterocycles. The Bertz CT molecular complexity index is 1100. The lowest BCUT2D eigenvalue weighted by Crippen LogP contribution is -2.19. The Morgan fingerprint density at radius 2 is 1.56 bits per heavy atom. The predicted molar refractivity (Wildman–Crippen MR) is 101 cm³/mol. The third-order valence-electron chi connectivity index (χ3n) is 3.83. The molecule has 2 aromatic heterocycles. The van der Waals surface area contributed by atoms with Crippen LogP contribution in [-0.2, 0) is 0 Å². The first-order chi connectivity index (χ1) is 12.2. The molecule has 0 aliphatic carbocycles. The van der Waals surface area contributed by atoms with Crippen molar-refractivity contribution in [3.63, 3.8) is 0 Å². The summed E-state index contributed by atoms with van der Waals surface area (Å²) in [7, 11) is 0. The second-order valence-electron chi connectivity index (χ2n) is 5.46. The number of amides is 2. The fraction of sp³-hybridized carbons (Fsp3) is 0. The van der Waals surface area contributed by atoms with Crippen LogP contribution in [0.2, 0.25) is 5.02 Å². The number of pyridine rings is 2. The number of aromatic nitrogens is 2. The van der Waals surface area contributed by atoms with Gasteiger partial charge in [0, 0.05) is 23.2 Å². The number of benzene rings is 2. The molecule has 0 aliphatic heterocycles. The minimum Gasteiger partial charge on any atom is -0.307 e. The molecule has 0 unspecified atom stereocenters. The summed E-state index contributed by atoms with van der Waals surface area (Å²) in [6, 6.07) is 16.1. The molecular formula is C19H13ClN4O. The highest BCUT2D eigenvalue weighted by Crippen LogP contribution is 2.29. The van der Waals surface area contributed by atoms with Crippen LogP contribution in [0.1, 0.15) is 0 Å². The third kappa shape index (κ3) is 2.97. The Hall–Kier alpha value is -3.18. The van der Waals surface area contributed by atoms with E-state index in [1.54, 1.807) is 30.6 Å². The van der Waals surface area contributed by atoms with E-state index in [0.717, 1.165) is 21.8 Å². The lowest BCUT2D eigenvalue weighted by Gasteiger charge is -2.12. The first-order valence-corrected chi connectivity index (χ1v) is 8.05. The Kier molecular flexibility index (Phi) is 3.91. The number of nitrogens with one attached hydrogen (secondary N) is 2. The van der Waals surface area contributed by atoms with E-state index < -0.39 is 0 Å². The highest BCUT2D eigenvalue weighted by atomic mass is 35.5. The number of anilines is 2. The smallest absolute Gasteiger partial charge is 0.307 e. The van der Waals surface area contributed by atoms with Crippen molar-refractivity contribution in [3.05, 3.63) is 72.0 Å². The number of urea groups is 1. The maximum absolute atomic E-state index is 12.4. The molecule has 2 N–H and O–H groups in total. The van der Waals surface area contributed by atoms with Gasteiger partial charge in [0.1, 0.15) is 0 Å². The van der Waals surface area contributed by atoms with Gasteiger partial charge >= 0.3 is 6.03 Å². The van der Waals surface area contributed by atoms with Gasteiger partial charge in [-0.2, -0.15) is 0 Å². The van der Waals surface area contributed by atoms with Gasteiger partial charge in [0.2, 0.25) is 0 Å². The lowest BCUT2D eigenvalue weighted by atomic mass is 10.1. The zero-order valence-electron chi connectivity index (χ0n) is 13.0. The largest absolute Gasteiger partial charge is 0.323 e. The zero-order valence-corrected chi connectivity index (χ0v) is 13.8. The molecule has 122 valence electrons. The SMILES string of the molecule is O=C(Nc1ccccc1Cl)Nc1cc2cccnc2c2ncccc12. The summed E-state index contributed by atoms with van der Waals surface area (Å²) in [5, 5.41) is 7.83. The summed E-state index contributed by atoms with van der Waals surface area (Å²) in [6.07, 6.45) is 3.44. The number of halogens is 1. The van der Waals surface area contributed by atoms with E-state index in [1.165, 1.54) is 0 Å². The van der Waals surface area contributed by atoms with E-state index in [4.69, 9.17) is 11.6 Å². The van der Waals surface area contributed by atoms with E-state index in [9.17, 15) is 4.79 Å². The molecule has 0 atom stereocenters.